The minimum atomic E-state index is -0.151. The number of nitrogens with one attached hydrogen (secondary N) is 2. The van der Waals surface area contributed by atoms with Crippen LogP contribution in [0.15, 0.2) is 48.5 Å². The van der Waals surface area contributed by atoms with Crippen molar-refractivity contribution in [3.8, 4) is 0 Å². The molecule has 6 heteroatoms. The molecular formula is C24H32N4O2. The largest absolute Gasteiger partial charge is 0.372 e. The van der Waals surface area contributed by atoms with Gasteiger partial charge in [-0.1, -0.05) is 12.8 Å². The monoisotopic (exact) mass is 408 g/mol. The number of carbonyl (C=O) groups excluding carboxylic acids is 2. The van der Waals surface area contributed by atoms with Crippen molar-refractivity contribution in [3.05, 3.63) is 54.1 Å². The molecule has 0 spiro atoms. The number of carbonyl (C=O) groups is 2. The van der Waals surface area contributed by atoms with Crippen molar-refractivity contribution < 1.29 is 9.59 Å². The summed E-state index contributed by atoms with van der Waals surface area (Å²) in [7, 11) is 0. The van der Waals surface area contributed by atoms with Gasteiger partial charge in [-0.2, -0.15) is 0 Å². The molecule has 3 rings (SSSR count). The zero-order valence-corrected chi connectivity index (χ0v) is 18.0. The summed E-state index contributed by atoms with van der Waals surface area (Å²) in [6.07, 6.45) is 4.51. The molecule has 6 nitrogen and oxygen atoms in total. The van der Waals surface area contributed by atoms with Crippen molar-refractivity contribution in [1.29, 1.82) is 0 Å². The Bertz CT molecular complexity index is 821. The number of urea groups is 1. The fraction of sp³-hybridized carbons (Fsp3) is 0.417. The van der Waals surface area contributed by atoms with Crippen molar-refractivity contribution in [2.45, 2.75) is 39.5 Å². The van der Waals surface area contributed by atoms with Crippen LogP contribution in [0.4, 0.5) is 21.9 Å². The van der Waals surface area contributed by atoms with E-state index in [0.717, 1.165) is 50.4 Å². The highest BCUT2D eigenvalue weighted by molar-refractivity contribution is 6.04. The Hall–Kier alpha value is -3.02. The van der Waals surface area contributed by atoms with Gasteiger partial charge in [0.1, 0.15) is 0 Å². The van der Waals surface area contributed by atoms with E-state index >= 15 is 0 Å². The summed E-state index contributed by atoms with van der Waals surface area (Å²) in [4.78, 5) is 29.1. The topological polar surface area (TPSA) is 64.7 Å². The Kier molecular flexibility index (Phi) is 7.71. The van der Waals surface area contributed by atoms with Gasteiger partial charge in [0.25, 0.3) is 5.91 Å². The Morgan fingerprint density at radius 3 is 1.87 bits per heavy atom. The number of amides is 3. The maximum Gasteiger partial charge on any atom is 0.321 e. The number of anilines is 3. The van der Waals surface area contributed by atoms with E-state index in [0.29, 0.717) is 11.3 Å². The van der Waals surface area contributed by atoms with Gasteiger partial charge in [0.15, 0.2) is 0 Å². The van der Waals surface area contributed by atoms with Gasteiger partial charge in [-0.3, -0.25) is 4.79 Å². The summed E-state index contributed by atoms with van der Waals surface area (Å²) in [5, 5.41) is 5.86. The minimum Gasteiger partial charge on any atom is -0.372 e. The number of hydrogen-bond acceptors (Lipinski definition) is 3. The normalized spacial score (nSPS) is 14.0. The summed E-state index contributed by atoms with van der Waals surface area (Å²) < 4.78 is 0. The summed E-state index contributed by atoms with van der Waals surface area (Å²) in [6, 6.07) is 14.8. The van der Waals surface area contributed by atoms with Crippen LogP contribution in [-0.4, -0.2) is 43.0 Å². The van der Waals surface area contributed by atoms with Gasteiger partial charge in [-0.05, 0) is 75.2 Å². The molecule has 1 aliphatic heterocycles. The lowest BCUT2D eigenvalue weighted by atomic mass is 10.1. The Morgan fingerprint density at radius 1 is 0.800 bits per heavy atom. The summed E-state index contributed by atoms with van der Waals surface area (Å²) in [6.45, 7) is 7.72. The van der Waals surface area contributed by atoms with Gasteiger partial charge in [0, 0.05) is 48.8 Å². The standard InChI is InChI=1S/C24H32N4O2/c1-3-27(4-2)22-15-9-19(10-16-22)23(29)25-20-11-13-21(14-12-20)26-24(30)28-17-7-5-6-8-18-28/h9-16H,3-8,17-18H2,1-2H3,(H,25,29)(H,26,30). The molecule has 0 aromatic heterocycles. The molecular weight excluding hydrogens is 376 g/mol. The van der Waals surface area contributed by atoms with E-state index in [2.05, 4.69) is 29.4 Å². The van der Waals surface area contributed by atoms with Crippen LogP contribution < -0.4 is 15.5 Å². The van der Waals surface area contributed by atoms with Gasteiger partial charge in [0.05, 0.1) is 0 Å². The van der Waals surface area contributed by atoms with Crippen molar-refractivity contribution in [3.63, 3.8) is 0 Å². The predicted molar refractivity (Wildman–Crippen MR) is 123 cm³/mol. The first kappa shape index (κ1) is 21.7. The van der Waals surface area contributed by atoms with E-state index < -0.39 is 0 Å². The molecule has 0 radical (unpaired) electrons. The zero-order chi connectivity index (χ0) is 21.3. The third kappa shape index (κ3) is 5.75. The molecule has 2 N–H and O–H groups in total. The summed E-state index contributed by atoms with van der Waals surface area (Å²) in [5.74, 6) is -0.151. The summed E-state index contributed by atoms with van der Waals surface area (Å²) >= 11 is 0. The van der Waals surface area contributed by atoms with Gasteiger partial charge < -0.3 is 20.4 Å². The maximum atomic E-state index is 12.5. The fourth-order valence-corrected chi connectivity index (χ4v) is 3.73. The average Bonchev–Trinajstić information content (AvgIpc) is 3.06. The lowest BCUT2D eigenvalue weighted by molar-refractivity contribution is 0.102. The van der Waals surface area contributed by atoms with E-state index in [9.17, 15) is 9.59 Å². The molecule has 0 bridgehead atoms. The molecule has 0 aliphatic carbocycles. The molecule has 1 heterocycles. The first-order valence-corrected chi connectivity index (χ1v) is 10.9. The summed E-state index contributed by atoms with van der Waals surface area (Å²) in [5.41, 5.74) is 3.15. The number of rotatable bonds is 6. The minimum absolute atomic E-state index is 0.0537. The van der Waals surface area contributed by atoms with E-state index in [1.54, 1.807) is 12.1 Å². The molecule has 1 saturated heterocycles. The quantitative estimate of drug-likeness (QED) is 0.691. The second-order valence-electron chi connectivity index (χ2n) is 7.58. The van der Waals surface area contributed by atoms with E-state index in [1.807, 2.05) is 41.3 Å². The first-order valence-electron chi connectivity index (χ1n) is 10.9. The van der Waals surface area contributed by atoms with Crippen LogP contribution in [0.1, 0.15) is 49.9 Å². The van der Waals surface area contributed by atoms with Gasteiger partial charge in [-0.25, -0.2) is 4.79 Å². The number of hydrogen-bond donors (Lipinski definition) is 2. The van der Waals surface area contributed by atoms with E-state index in [-0.39, 0.29) is 11.9 Å². The Labute approximate surface area is 179 Å². The predicted octanol–water partition coefficient (Wildman–Crippen LogP) is 5.19. The highest BCUT2D eigenvalue weighted by Crippen LogP contribution is 2.18. The van der Waals surface area contributed by atoms with Crippen LogP contribution in [0.3, 0.4) is 0 Å². The SMILES string of the molecule is CCN(CC)c1ccc(C(=O)Nc2ccc(NC(=O)N3CCCCCC3)cc2)cc1. The molecule has 1 aliphatic rings. The van der Waals surface area contributed by atoms with Crippen LogP contribution in [0, 0.1) is 0 Å². The fourth-order valence-electron chi connectivity index (χ4n) is 3.73. The molecule has 3 amide bonds. The number of nitrogens with zero attached hydrogens (tertiary/aromatic N) is 2. The lowest BCUT2D eigenvalue weighted by Gasteiger charge is -2.21. The molecule has 0 saturated carbocycles. The molecule has 2 aromatic rings. The molecule has 30 heavy (non-hydrogen) atoms. The maximum absolute atomic E-state index is 12.5. The number of benzene rings is 2. The van der Waals surface area contributed by atoms with Crippen LogP contribution in [0.2, 0.25) is 0 Å². The molecule has 160 valence electrons. The third-order valence-electron chi connectivity index (χ3n) is 5.55. The van der Waals surface area contributed by atoms with E-state index in [1.165, 1.54) is 12.8 Å². The van der Waals surface area contributed by atoms with Crippen molar-refractivity contribution in [2.24, 2.45) is 0 Å². The van der Waals surface area contributed by atoms with Crippen molar-refractivity contribution >= 4 is 29.0 Å². The number of likely N-dealkylation sites (tertiary alicyclic amines) is 1. The first-order chi connectivity index (χ1) is 14.6. The van der Waals surface area contributed by atoms with Crippen LogP contribution in [0.5, 0.6) is 0 Å². The highest BCUT2D eigenvalue weighted by Gasteiger charge is 2.15. The van der Waals surface area contributed by atoms with Crippen LogP contribution in [-0.2, 0) is 0 Å². The van der Waals surface area contributed by atoms with Gasteiger partial charge in [-0.15, -0.1) is 0 Å². The van der Waals surface area contributed by atoms with Crippen LogP contribution in [0.25, 0.3) is 0 Å². The Morgan fingerprint density at radius 2 is 1.33 bits per heavy atom. The molecule has 1 fully saturated rings. The lowest BCUT2D eigenvalue weighted by Crippen LogP contribution is -2.35. The van der Waals surface area contributed by atoms with E-state index in [4.69, 9.17) is 0 Å². The molecule has 0 unspecified atom stereocenters. The third-order valence-corrected chi connectivity index (χ3v) is 5.55. The van der Waals surface area contributed by atoms with Crippen molar-refractivity contribution in [1.82, 2.24) is 4.90 Å². The van der Waals surface area contributed by atoms with Crippen molar-refractivity contribution in [2.75, 3.05) is 41.7 Å². The zero-order valence-electron chi connectivity index (χ0n) is 18.0. The van der Waals surface area contributed by atoms with Crippen LogP contribution >= 0.6 is 0 Å². The van der Waals surface area contributed by atoms with Gasteiger partial charge in [0.2, 0.25) is 0 Å². The van der Waals surface area contributed by atoms with Gasteiger partial charge >= 0.3 is 6.03 Å². The second kappa shape index (κ2) is 10.7. The smallest absolute Gasteiger partial charge is 0.321 e. The second-order valence-corrected chi connectivity index (χ2v) is 7.58. The average molecular weight is 409 g/mol. The highest BCUT2D eigenvalue weighted by atomic mass is 16.2. The Balaban J connectivity index is 1.55. The molecule has 2 aromatic carbocycles. The molecule has 0 atom stereocenters.